The Kier molecular flexibility index (Phi) is 10.5. The van der Waals surface area contributed by atoms with Crippen molar-refractivity contribution < 1.29 is 19.1 Å². The van der Waals surface area contributed by atoms with E-state index >= 15 is 0 Å². The van der Waals surface area contributed by atoms with Crippen molar-refractivity contribution in [2.45, 2.75) is 69.4 Å². The SMILES string of the molecule is CCOC(=O)c1c(NC(=O)C(Sc2cccc(NC(=O)CC(C)(C)C)c2)c2ccccc2)sc2c1CCC(c1ccccc1)C2. The number of rotatable bonds is 10. The quantitative estimate of drug-likeness (QED) is 0.133. The van der Waals surface area contributed by atoms with Crippen molar-refractivity contribution >= 4 is 51.6 Å². The van der Waals surface area contributed by atoms with Gasteiger partial charge in [-0.05, 0) is 72.4 Å². The predicted octanol–water partition coefficient (Wildman–Crippen LogP) is 9.04. The number of fused-ring (bicyclic) bond motifs is 1. The Balaban J connectivity index is 1.41. The van der Waals surface area contributed by atoms with Gasteiger partial charge in [-0.1, -0.05) is 87.5 Å². The Morgan fingerprint density at radius 2 is 1.67 bits per heavy atom. The van der Waals surface area contributed by atoms with Crippen LogP contribution >= 0.6 is 23.1 Å². The summed E-state index contributed by atoms with van der Waals surface area (Å²) in [7, 11) is 0. The molecule has 1 aliphatic rings. The van der Waals surface area contributed by atoms with E-state index in [1.807, 2.05) is 81.4 Å². The molecule has 45 heavy (non-hydrogen) atoms. The summed E-state index contributed by atoms with van der Waals surface area (Å²) < 4.78 is 5.48. The van der Waals surface area contributed by atoms with Crippen molar-refractivity contribution in [2.75, 3.05) is 17.2 Å². The monoisotopic (exact) mass is 640 g/mol. The Hall–Kier alpha value is -3.88. The van der Waals surface area contributed by atoms with Crippen LogP contribution < -0.4 is 10.6 Å². The van der Waals surface area contributed by atoms with Crippen LogP contribution in [0.15, 0.2) is 89.8 Å². The molecule has 6 nitrogen and oxygen atoms in total. The molecule has 2 atom stereocenters. The van der Waals surface area contributed by atoms with Crippen LogP contribution in [0.25, 0.3) is 0 Å². The average molecular weight is 641 g/mol. The molecule has 0 spiro atoms. The largest absolute Gasteiger partial charge is 0.462 e. The molecule has 1 heterocycles. The van der Waals surface area contributed by atoms with E-state index in [0.717, 1.165) is 40.2 Å². The zero-order chi connectivity index (χ0) is 32.0. The molecular weight excluding hydrogens is 601 g/mol. The van der Waals surface area contributed by atoms with E-state index < -0.39 is 11.2 Å². The lowest BCUT2D eigenvalue weighted by molar-refractivity contribution is -0.118. The van der Waals surface area contributed by atoms with Crippen molar-refractivity contribution in [3.05, 3.63) is 112 Å². The van der Waals surface area contributed by atoms with Gasteiger partial charge in [-0.3, -0.25) is 9.59 Å². The summed E-state index contributed by atoms with van der Waals surface area (Å²) in [5, 5.41) is 6.08. The number of carbonyl (C=O) groups is 3. The Morgan fingerprint density at radius 3 is 2.36 bits per heavy atom. The fraction of sp³-hybridized carbons (Fsp3) is 0.324. The van der Waals surface area contributed by atoms with E-state index in [4.69, 9.17) is 4.74 Å². The third kappa shape index (κ3) is 8.44. The fourth-order valence-electron chi connectivity index (χ4n) is 5.65. The maximum absolute atomic E-state index is 14.1. The molecule has 0 fully saturated rings. The maximum atomic E-state index is 14.1. The van der Waals surface area contributed by atoms with Crippen LogP contribution in [0.5, 0.6) is 0 Å². The molecule has 1 aromatic heterocycles. The van der Waals surface area contributed by atoms with Gasteiger partial charge in [-0.15, -0.1) is 23.1 Å². The van der Waals surface area contributed by atoms with Crippen LogP contribution in [0.1, 0.15) is 83.6 Å². The van der Waals surface area contributed by atoms with Crippen LogP contribution in [-0.4, -0.2) is 24.4 Å². The van der Waals surface area contributed by atoms with E-state index in [1.165, 1.54) is 28.7 Å². The standard InChI is InChI=1S/C37H40N2O4S2/c1-5-43-36(42)32-29-20-19-26(24-13-8-6-9-14-24)21-30(29)45-35(32)39-34(41)33(25-15-10-7-11-16-25)44-28-18-12-17-27(22-28)38-31(40)23-37(2,3)4/h6-18,22,26,33H,5,19-21,23H2,1-4H3,(H,38,40)(H,39,41). The fourth-order valence-corrected chi connectivity index (χ4v) is 8.05. The van der Waals surface area contributed by atoms with Crippen LogP contribution in [-0.2, 0) is 27.2 Å². The number of esters is 1. The van der Waals surface area contributed by atoms with Crippen LogP contribution in [0.4, 0.5) is 10.7 Å². The number of amides is 2. The molecule has 1 aliphatic carbocycles. The van der Waals surface area contributed by atoms with Gasteiger partial charge in [0.25, 0.3) is 0 Å². The Bertz CT molecular complexity index is 1640. The topological polar surface area (TPSA) is 84.5 Å². The molecule has 0 saturated carbocycles. The molecule has 234 valence electrons. The van der Waals surface area contributed by atoms with Gasteiger partial charge in [0.05, 0.1) is 12.2 Å². The zero-order valence-electron chi connectivity index (χ0n) is 26.2. The zero-order valence-corrected chi connectivity index (χ0v) is 27.9. The predicted molar refractivity (Wildman–Crippen MR) is 184 cm³/mol. The lowest BCUT2D eigenvalue weighted by atomic mass is 9.83. The Morgan fingerprint density at radius 1 is 0.956 bits per heavy atom. The number of carbonyl (C=O) groups excluding carboxylic acids is 3. The molecule has 0 radical (unpaired) electrons. The van der Waals surface area contributed by atoms with Crippen LogP contribution in [0.3, 0.4) is 0 Å². The molecule has 2 unspecified atom stereocenters. The van der Waals surface area contributed by atoms with Crippen molar-refractivity contribution in [1.82, 2.24) is 0 Å². The summed E-state index contributed by atoms with van der Waals surface area (Å²) >= 11 is 2.89. The van der Waals surface area contributed by atoms with Gasteiger partial charge in [0.15, 0.2) is 0 Å². The van der Waals surface area contributed by atoms with Gasteiger partial charge in [0, 0.05) is 21.9 Å². The summed E-state index contributed by atoms with van der Waals surface area (Å²) in [5.74, 6) is -0.312. The highest BCUT2D eigenvalue weighted by Crippen LogP contribution is 2.44. The molecule has 2 amide bonds. The number of hydrogen-bond donors (Lipinski definition) is 2. The summed E-state index contributed by atoms with van der Waals surface area (Å²) in [5.41, 5.74) is 4.16. The van der Waals surface area contributed by atoms with E-state index in [1.54, 1.807) is 6.92 Å². The van der Waals surface area contributed by atoms with E-state index in [2.05, 4.69) is 34.9 Å². The van der Waals surface area contributed by atoms with Crippen LogP contribution in [0.2, 0.25) is 0 Å². The maximum Gasteiger partial charge on any atom is 0.341 e. The number of nitrogens with one attached hydrogen (secondary N) is 2. The second kappa shape index (κ2) is 14.5. The molecule has 8 heteroatoms. The molecule has 0 bridgehead atoms. The Labute approximate surface area is 274 Å². The van der Waals surface area contributed by atoms with Gasteiger partial charge >= 0.3 is 5.97 Å². The molecule has 0 aliphatic heterocycles. The first kappa shape index (κ1) is 32.5. The number of benzene rings is 3. The number of ether oxygens (including phenoxy) is 1. The normalized spacial score (nSPS) is 15.1. The summed E-state index contributed by atoms with van der Waals surface area (Å²) in [6, 6.07) is 27.6. The summed E-state index contributed by atoms with van der Waals surface area (Å²) in [4.78, 5) is 41.9. The molecular formula is C37H40N2O4S2. The smallest absolute Gasteiger partial charge is 0.341 e. The van der Waals surface area contributed by atoms with Crippen molar-refractivity contribution in [3.63, 3.8) is 0 Å². The van der Waals surface area contributed by atoms with E-state index in [9.17, 15) is 14.4 Å². The second-order valence-electron chi connectivity index (χ2n) is 12.5. The first-order chi connectivity index (χ1) is 21.6. The van der Waals surface area contributed by atoms with E-state index in [0.29, 0.717) is 28.6 Å². The summed E-state index contributed by atoms with van der Waals surface area (Å²) in [6.07, 6.45) is 2.90. The molecule has 4 aromatic rings. The number of thioether (sulfide) groups is 1. The number of thiophene rings is 1. The minimum absolute atomic E-state index is 0.0512. The van der Waals surface area contributed by atoms with Gasteiger partial charge in [-0.2, -0.15) is 0 Å². The van der Waals surface area contributed by atoms with Gasteiger partial charge in [0.2, 0.25) is 11.8 Å². The lowest BCUT2D eigenvalue weighted by Crippen LogP contribution is -2.21. The third-order valence-corrected chi connectivity index (χ3v) is 10.1. The molecule has 3 aromatic carbocycles. The van der Waals surface area contributed by atoms with Crippen LogP contribution in [0, 0.1) is 5.41 Å². The minimum atomic E-state index is -0.599. The first-order valence-electron chi connectivity index (χ1n) is 15.4. The van der Waals surface area contributed by atoms with Crippen molar-refractivity contribution in [2.24, 2.45) is 5.41 Å². The van der Waals surface area contributed by atoms with E-state index in [-0.39, 0.29) is 23.8 Å². The molecule has 0 saturated heterocycles. The summed E-state index contributed by atoms with van der Waals surface area (Å²) in [6.45, 7) is 8.14. The highest BCUT2D eigenvalue weighted by molar-refractivity contribution is 8.00. The first-order valence-corrected chi connectivity index (χ1v) is 17.1. The minimum Gasteiger partial charge on any atom is -0.462 e. The lowest BCUT2D eigenvalue weighted by Gasteiger charge is -2.23. The highest BCUT2D eigenvalue weighted by atomic mass is 32.2. The van der Waals surface area contributed by atoms with Gasteiger partial charge in [0.1, 0.15) is 10.3 Å². The average Bonchev–Trinajstić information content (AvgIpc) is 3.37. The van der Waals surface area contributed by atoms with Gasteiger partial charge < -0.3 is 15.4 Å². The number of hydrogen-bond acceptors (Lipinski definition) is 6. The van der Waals surface area contributed by atoms with Crippen molar-refractivity contribution in [1.29, 1.82) is 0 Å². The second-order valence-corrected chi connectivity index (χ2v) is 14.8. The molecule has 5 rings (SSSR count). The van der Waals surface area contributed by atoms with Crippen molar-refractivity contribution in [3.8, 4) is 0 Å². The van der Waals surface area contributed by atoms with Gasteiger partial charge in [-0.25, -0.2) is 4.79 Å². The number of anilines is 2. The highest BCUT2D eigenvalue weighted by Gasteiger charge is 2.32. The molecule has 2 N–H and O–H groups in total. The third-order valence-electron chi connectivity index (χ3n) is 7.66.